The lowest BCUT2D eigenvalue weighted by atomic mass is 10.2. The van der Waals surface area contributed by atoms with Crippen molar-refractivity contribution in [1.82, 2.24) is 4.90 Å². The minimum absolute atomic E-state index is 0.0194. The summed E-state index contributed by atoms with van der Waals surface area (Å²) in [5, 5.41) is -0.218. The number of imide groups is 1. The molecule has 0 atom stereocenters. The van der Waals surface area contributed by atoms with Gasteiger partial charge in [0.05, 0.1) is 21.2 Å². The molecule has 0 spiro atoms. The van der Waals surface area contributed by atoms with Crippen LogP contribution in [0.15, 0.2) is 46.2 Å². The van der Waals surface area contributed by atoms with Crippen molar-refractivity contribution in [2.75, 3.05) is 13.2 Å². The van der Waals surface area contributed by atoms with Gasteiger partial charge in [0.1, 0.15) is 11.4 Å². The molecule has 2 amide bonds. The second-order valence-electron chi connectivity index (χ2n) is 7.56. The molecule has 0 bridgehead atoms. The van der Waals surface area contributed by atoms with Crippen LogP contribution in [-0.2, 0) is 24.4 Å². The van der Waals surface area contributed by atoms with E-state index in [9.17, 15) is 22.8 Å². The summed E-state index contributed by atoms with van der Waals surface area (Å²) in [5.41, 5.74) is 0.467. The fourth-order valence-electron chi connectivity index (χ4n) is 2.99. The van der Waals surface area contributed by atoms with Crippen molar-refractivity contribution in [1.29, 1.82) is 0 Å². The van der Waals surface area contributed by atoms with Gasteiger partial charge in [-0.05, 0) is 103 Å². The summed E-state index contributed by atoms with van der Waals surface area (Å²) in [6, 6.07) is 8.60. The molecule has 0 unspecified atom stereocenters. The zero-order valence-corrected chi connectivity index (χ0v) is 23.9. The fraction of sp³-hybridized carbons (Fsp3) is 0.261. The molecule has 3 rings (SSSR count). The molecule has 1 aliphatic heterocycles. The molecule has 0 radical (unpaired) electrons. The lowest BCUT2D eigenvalue weighted by Crippen LogP contribution is -2.35. The SMILES string of the molecule is CCOc1cc(/C=C2\SC(=O)N(CC(=O)OC(C)C)C2=O)cc(I)c1OS(=O)(=O)c1ccc(Cl)cc1. The number of amides is 2. The van der Waals surface area contributed by atoms with E-state index < -0.39 is 33.8 Å². The van der Waals surface area contributed by atoms with Crippen LogP contribution in [0.5, 0.6) is 11.5 Å². The molecule has 9 nitrogen and oxygen atoms in total. The van der Waals surface area contributed by atoms with Crippen LogP contribution in [0.1, 0.15) is 26.3 Å². The van der Waals surface area contributed by atoms with Crippen LogP contribution in [-0.4, -0.2) is 49.7 Å². The van der Waals surface area contributed by atoms with Crippen LogP contribution in [0, 0.1) is 3.57 Å². The average Bonchev–Trinajstić information content (AvgIpc) is 3.03. The number of ether oxygens (including phenoxy) is 2. The number of nitrogens with zero attached hydrogens (tertiary/aromatic N) is 1. The molecule has 2 aromatic carbocycles. The maximum atomic E-state index is 12.8. The second-order valence-corrected chi connectivity index (χ2v) is 11.7. The summed E-state index contributed by atoms with van der Waals surface area (Å²) in [5.74, 6) is -1.21. The number of thioether (sulfide) groups is 1. The zero-order valence-electron chi connectivity index (χ0n) is 19.3. The minimum Gasteiger partial charge on any atom is -0.490 e. The number of carbonyl (C=O) groups excluding carboxylic acids is 3. The molecule has 2 aromatic rings. The van der Waals surface area contributed by atoms with Gasteiger partial charge in [-0.1, -0.05) is 11.6 Å². The van der Waals surface area contributed by atoms with E-state index in [1.165, 1.54) is 36.4 Å². The Morgan fingerprint density at radius 1 is 1.19 bits per heavy atom. The highest BCUT2D eigenvalue weighted by Crippen LogP contribution is 2.39. The van der Waals surface area contributed by atoms with Crippen LogP contribution in [0.2, 0.25) is 5.02 Å². The van der Waals surface area contributed by atoms with Crippen molar-refractivity contribution in [3.63, 3.8) is 0 Å². The lowest BCUT2D eigenvalue weighted by Gasteiger charge is -2.15. The molecule has 0 saturated carbocycles. The Labute approximate surface area is 231 Å². The topological polar surface area (TPSA) is 116 Å². The smallest absolute Gasteiger partial charge is 0.339 e. The summed E-state index contributed by atoms with van der Waals surface area (Å²) < 4.78 is 42.0. The van der Waals surface area contributed by atoms with Gasteiger partial charge in [-0.15, -0.1) is 0 Å². The first-order chi connectivity index (χ1) is 16.9. The van der Waals surface area contributed by atoms with E-state index >= 15 is 0 Å². The highest BCUT2D eigenvalue weighted by Gasteiger charge is 2.37. The Morgan fingerprint density at radius 3 is 2.47 bits per heavy atom. The van der Waals surface area contributed by atoms with Gasteiger partial charge in [-0.2, -0.15) is 8.42 Å². The third-order valence-corrected chi connectivity index (χ3v) is 7.65. The molecule has 192 valence electrons. The molecule has 0 aliphatic carbocycles. The van der Waals surface area contributed by atoms with E-state index in [0.717, 1.165) is 4.90 Å². The molecule has 1 heterocycles. The number of benzene rings is 2. The quantitative estimate of drug-likeness (QED) is 0.156. The van der Waals surface area contributed by atoms with Crippen molar-refractivity contribution >= 4 is 79.3 Å². The molecular weight excluding hydrogens is 645 g/mol. The van der Waals surface area contributed by atoms with Gasteiger partial charge >= 0.3 is 16.1 Å². The Balaban J connectivity index is 1.89. The molecule has 0 N–H and O–H groups in total. The number of rotatable bonds is 9. The van der Waals surface area contributed by atoms with E-state index in [1.54, 1.807) is 26.8 Å². The Morgan fingerprint density at radius 2 is 1.86 bits per heavy atom. The molecule has 36 heavy (non-hydrogen) atoms. The van der Waals surface area contributed by atoms with Crippen molar-refractivity contribution in [3.05, 3.63) is 55.5 Å². The Kier molecular flexibility index (Phi) is 9.30. The third kappa shape index (κ3) is 6.93. The zero-order chi connectivity index (χ0) is 26.6. The van der Waals surface area contributed by atoms with E-state index in [1.807, 2.05) is 22.6 Å². The summed E-state index contributed by atoms with van der Waals surface area (Å²) in [7, 11) is -4.18. The van der Waals surface area contributed by atoms with Gasteiger partial charge < -0.3 is 13.7 Å². The van der Waals surface area contributed by atoms with Gasteiger partial charge in [0.15, 0.2) is 11.5 Å². The Bertz CT molecular complexity index is 1330. The van der Waals surface area contributed by atoms with Gasteiger partial charge in [-0.25, -0.2) is 0 Å². The number of hydrogen-bond donors (Lipinski definition) is 0. The normalized spacial score (nSPS) is 15.1. The molecule has 13 heteroatoms. The first kappa shape index (κ1) is 28.3. The standard InChI is InChI=1S/C23H21ClINO8S2/c1-4-32-18-10-14(11-19-22(28)26(23(29)35-19)12-20(27)33-13(2)3)9-17(25)21(18)34-36(30,31)16-7-5-15(24)6-8-16/h5-11,13H,4,12H2,1-3H3/b19-11-. The van der Waals surface area contributed by atoms with E-state index in [-0.39, 0.29) is 34.0 Å². The number of hydrogen-bond acceptors (Lipinski definition) is 9. The first-order valence-electron chi connectivity index (χ1n) is 10.5. The summed E-state index contributed by atoms with van der Waals surface area (Å²) in [6.45, 7) is 4.77. The predicted molar refractivity (Wildman–Crippen MR) is 143 cm³/mol. The summed E-state index contributed by atoms with van der Waals surface area (Å²) >= 11 is 8.42. The maximum absolute atomic E-state index is 12.8. The second kappa shape index (κ2) is 11.8. The monoisotopic (exact) mass is 665 g/mol. The van der Waals surface area contributed by atoms with Crippen LogP contribution < -0.4 is 8.92 Å². The molecule has 0 aromatic heterocycles. The summed E-state index contributed by atoms with van der Waals surface area (Å²) in [4.78, 5) is 37.8. The highest BCUT2D eigenvalue weighted by atomic mass is 127. The van der Waals surface area contributed by atoms with Crippen molar-refractivity contribution in [2.45, 2.75) is 31.8 Å². The third-order valence-electron chi connectivity index (χ3n) is 4.45. The fourth-order valence-corrected chi connectivity index (χ4v) is 5.80. The number of carbonyl (C=O) groups is 3. The average molecular weight is 666 g/mol. The van der Waals surface area contributed by atoms with E-state index in [0.29, 0.717) is 25.9 Å². The Hall–Kier alpha value is -2.29. The van der Waals surface area contributed by atoms with Crippen LogP contribution >= 0.6 is 46.0 Å². The maximum Gasteiger partial charge on any atom is 0.339 e. The molecule has 1 saturated heterocycles. The van der Waals surface area contributed by atoms with Gasteiger partial charge in [0.25, 0.3) is 11.1 Å². The summed E-state index contributed by atoms with van der Waals surface area (Å²) in [6.07, 6.45) is 1.08. The van der Waals surface area contributed by atoms with Crippen molar-refractivity contribution < 1.29 is 36.5 Å². The number of esters is 1. The van der Waals surface area contributed by atoms with Crippen LogP contribution in [0.3, 0.4) is 0 Å². The van der Waals surface area contributed by atoms with Gasteiger partial charge in [-0.3, -0.25) is 19.3 Å². The largest absolute Gasteiger partial charge is 0.490 e. The van der Waals surface area contributed by atoms with Crippen LogP contribution in [0.4, 0.5) is 4.79 Å². The van der Waals surface area contributed by atoms with Gasteiger partial charge in [0, 0.05) is 5.02 Å². The predicted octanol–water partition coefficient (Wildman–Crippen LogP) is 5.10. The molecule has 1 aliphatic rings. The van der Waals surface area contributed by atoms with Gasteiger partial charge in [0.2, 0.25) is 0 Å². The first-order valence-corrected chi connectivity index (χ1v) is 14.2. The van der Waals surface area contributed by atoms with E-state index in [4.69, 9.17) is 25.3 Å². The molecule has 1 fully saturated rings. The van der Waals surface area contributed by atoms with Crippen molar-refractivity contribution in [3.8, 4) is 11.5 Å². The van der Waals surface area contributed by atoms with Crippen molar-refractivity contribution in [2.24, 2.45) is 0 Å². The lowest BCUT2D eigenvalue weighted by molar-refractivity contribution is -0.149. The molecular formula is C23H21ClINO8S2. The van der Waals surface area contributed by atoms with Crippen LogP contribution in [0.25, 0.3) is 6.08 Å². The minimum atomic E-state index is -4.18. The van der Waals surface area contributed by atoms with E-state index in [2.05, 4.69) is 0 Å². The highest BCUT2D eigenvalue weighted by molar-refractivity contribution is 14.1. The number of halogens is 2.